The summed E-state index contributed by atoms with van der Waals surface area (Å²) in [6.07, 6.45) is 0.409. The third kappa shape index (κ3) is 1.73. The Hall–Kier alpha value is -1.06. The van der Waals surface area contributed by atoms with Gasteiger partial charge in [-0.05, 0) is 37.0 Å². The molecule has 1 aromatic rings. The SMILES string of the molecule is Cc1ccc2c(c1C)NC(C(O)CN)C2. The van der Waals surface area contributed by atoms with Crippen LogP contribution in [0.15, 0.2) is 12.1 Å². The Morgan fingerprint density at radius 2 is 2.27 bits per heavy atom. The molecular weight excluding hydrogens is 188 g/mol. The lowest BCUT2D eigenvalue weighted by atomic mass is 10.0. The van der Waals surface area contributed by atoms with E-state index in [1.807, 2.05) is 0 Å². The molecule has 1 aromatic carbocycles. The monoisotopic (exact) mass is 206 g/mol. The van der Waals surface area contributed by atoms with Crippen molar-refractivity contribution < 1.29 is 5.11 Å². The molecule has 0 radical (unpaired) electrons. The van der Waals surface area contributed by atoms with Crippen molar-refractivity contribution >= 4 is 5.69 Å². The second kappa shape index (κ2) is 3.83. The van der Waals surface area contributed by atoms with Gasteiger partial charge in [-0.25, -0.2) is 0 Å². The molecular formula is C12H18N2O. The molecule has 1 aliphatic rings. The standard InChI is InChI=1S/C12H18N2O/c1-7-3-4-9-5-10(11(15)6-13)14-12(9)8(7)2/h3-4,10-11,14-15H,5-6,13H2,1-2H3. The van der Waals surface area contributed by atoms with E-state index in [1.165, 1.54) is 22.4 Å². The molecule has 2 unspecified atom stereocenters. The van der Waals surface area contributed by atoms with Crippen LogP contribution >= 0.6 is 0 Å². The van der Waals surface area contributed by atoms with Crippen LogP contribution in [-0.4, -0.2) is 23.8 Å². The maximum Gasteiger partial charge on any atom is 0.0866 e. The molecule has 4 N–H and O–H groups in total. The minimum absolute atomic E-state index is 0.0745. The molecule has 0 aliphatic carbocycles. The molecule has 0 spiro atoms. The third-order valence-electron chi connectivity index (χ3n) is 3.30. The van der Waals surface area contributed by atoms with Crippen molar-refractivity contribution in [1.82, 2.24) is 0 Å². The first-order valence-electron chi connectivity index (χ1n) is 5.37. The zero-order valence-electron chi connectivity index (χ0n) is 9.25. The molecule has 0 aromatic heterocycles. The fraction of sp³-hybridized carbons (Fsp3) is 0.500. The Morgan fingerprint density at radius 1 is 1.53 bits per heavy atom. The minimum atomic E-state index is -0.461. The maximum atomic E-state index is 9.70. The molecule has 15 heavy (non-hydrogen) atoms. The average molecular weight is 206 g/mol. The molecule has 1 heterocycles. The molecule has 0 fully saturated rings. The molecule has 3 heteroatoms. The summed E-state index contributed by atoms with van der Waals surface area (Å²) in [5, 5.41) is 13.1. The smallest absolute Gasteiger partial charge is 0.0866 e. The fourth-order valence-corrected chi connectivity index (χ4v) is 2.11. The van der Waals surface area contributed by atoms with Gasteiger partial charge in [0.1, 0.15) is 0 Å². The second-order valence-electron chi connectivity index (χ2n) is 4.30. The predicted molar refractivity (Wildman–Crippen MR) is 62.1 cm³/mol. The molecule has 0 saturated heterocycles. The van der Waals surface area contributed by atoms with Gasteiger partial charge < -0.3 is 16.2 Å². The highest BCUT2D eigenvalue weighted by atomic mass is 16.3. The van der Waals surface area contributed by atoms with Crippen LogP contribution < -0.4 is 11.1 Å². The highest BCUT2D eigenvalue weighted by molar-refractivity contribution is 5.64. The van der Waals surface area contributed by atoms with E-state index in [-0.39, 0.29) is 6.04 Å². The predicted octanol–water partition coefficient (Wildman–Crippen LogP) is 0.960. The summed E-state index contributed by atoms with van der Waals surface area (Å²) in [4.78, 5) is 0. The van der Waals surface area contributed by atoms with Crippen LogP contribution in [0.2, 0.25) is 0 Å². The molecule has 2 rings (SSSR count). The Bertz CT molecular complexity index is 376. The number of fused-ring (bicyclic) bond motifs is 1. The van der Waals surface area contributed by atoms with E-state index >= 15 is 0 Å². The van der Waals surface area contributed by atoms with E-state index in [0.717, 1.165) is 6.42 Å². The second-order valence-corrected chi connectivity index (χ2v) is 4.30. The van der Waals surface area contributed by atoms with Crippen LogP contribution in [0, 0.1) is 13.8 Å². The van der Waals surface area contributed by atoms with Crippen molar-refractivity contribution in [2.75, 3.05) is 11.9 Å². The number of anilines is 1. The zero-order valence-corrected chi connectivity index (χ0v) is 9.25. The van der Waals surface area contributed by atoms with Crippen LogP contribution in [0.25, 0.3) is 0 Å². The van der Waals surface area contributed by atoms with E-state index in [2.05, 4.69) is 31.3 Å². The number of aliphatic hydroxyl groups excluding tert-OH is 1. The quantitative estimate of drug-likeness (QED) is 0.675. The Morgan fingerprint density at radius 3 is 2.93 bits per heavy atom. The molecule has 0 saturated carbocycles. The molecule has 1 aliphatic heterocycles. The van der Waals surface area contributed by atoms with Crippen molar-refractivity contribution in [3.05, 3.63) is 28.8 Å². The Labute approximate surface area is 90.3 Å². The van der Waals surface area contributed by atoms with Gasteiger partial charge in [0, 0.05) is 12.2 Å². The largest absolute Gasteiger partial charge is 0.390 e. The van der Waals surface area contributed by atoms with Crippen molar-refractivity contribution in [2.45, 2.75) is 32.4 Å². The highest BCUT2D eigenvalue weighted by Gasteiger charge is 2.27. The number of benzene rings is 1. The molecule has 2 atom stereocenters. The highest BCUT2D eigenvalue weighted by Crippen LogP contribution is 2.31. The summed E-state index contributed by atoms with van der Waals surface area (Å²) >= 11 is 0. The van der Waals surface area contributed by atoms with Gasteiger partial charge in [0.2, 0.25) is 0 Å². The summed E-state index contributed by atoms with van der Waals surface area (Å²) in [7, 11) is 0. The van der Waals surface area contributed by atoms with Crippen LogP contribution in [-0.2, 0) is 6.42 Å². The van der Waals surface area contributed by atoms with Crippen molar-refractivity contribution in [3.63, 3.8) is 0 Å². The van der Waals surface area contributed by atoms with Gasteiger partial charge in [-0.3, -0.25) is 0 Å². The fourth-order valence-electron chi connectivity index (χ4n) is 2.11. The zero-order chi connectivity index (χ0) is 11.0. The van der Waals surface area contributed by atoms with Crippen LogP contribution in [0.4, 0.5) is 5.69 Å². The van der Waals surface area contributed by atoms with Gasteiger partial charge in [-0.2, -0.15) is 0 Å². The lowest BCUT2D eigenvalue weighted by Crippen LogP contribution is -2.37. The summed E-state index contributed by atoms with van der Waals surface area (Å²) in [6.45, 7) is 4.52. The van der Waals surface area contributed by atoms with Gasteiger partial charge in [0.15, 0.2) is 0 Å². The molecule has 3 nitrogen and oxygen atoms in total. The van der Waals surface area contributed by atoms with Crippen LogP contribution in [0.5, 0.6) is 0 Å². The van der Waals surface area contributed by atoms with E-state index in [4.69, 9.17) is 5.73 Å². The molecule has 0 amide bonds. The first-order chi connectivity index (χ1) is 7.13. The minimum Gasteiger partial charge on any atom is -0.390 e. The Balaban J connectivity index is 2.27. The molecule has 0 bridgehead atoms. The number of aliphatic hydroxyl groups is 1. The van der Waals surface area contributed by atoms with Crippen molar-refractivity contribution in [2.24, 2.45) is 5.73 Å². The number of hydrogen-bond donors (Lipinski definition) is 3. The maximum absolute atomic E-state index is 9.70. The van der Waals surface area contributed by atoms with Gasteiger partial charge in [0.05, 0.1) is 12.1 Å². The number of rotatable bonds is 2. The summed E-state index contributed by atoms with van der Waals surface area (Å²) in [6, 6.07) is 4.34. The van der Waals surface area contributed by atoms with Gasteiger partial charge in [-0.1, -0.05) is 12.1 Å². The topological polar surface area (TPSA) is 58.3 Å². The first kappa shape index (κ1) is 10.5. The number of nitrogens with two attached hydrogens (primary N) is 1. The number of hydrogen-bond acceptors (Lipinski definition) is 3. The van der Waals surface area contributed by atoms with Crippen LogP contribution in [0.3, 0.4) is 0 Å². The van der Waals surface area contributed by atoms with E-state index in [9.17, 15) is 5.11 Å². The third-order valence-corrected chi connectivity index (χ3v) is 3.30. The summed E-state index contributed by atoms with van der Waals surface area (Å²) < 4.78 is 0. The summed E-state index contributed by atoms with van der Waals surface area (Å²) in [5.41, 5.74) is 10.5. The molecule has 82 valence electrons. The number of nitrogens with one attached hydrogen (secondary N) is 1. The number of aryl methyl sites for hydroxylation is 1. The first-order valence-corrected chi connectivity index (χ1v) is 5.37. The van der Waals surface area contributed by atoms with Crippen molar-refractivity contribution in [3.8, 4) is 0 Å². The van der Waals surface area contributed by atoms with E-state index < -0.39 is 6.10 Å². The lowest BCUT2D eigenvalue weighted by Gasteiger charge is -2.17. The van der Waals surface area contributed by atoms with E-state index in [1.54, 1.807) is 0 Å². The normalized spacial score (nSPS) is 20.9. The van der Waals surface area contributed by atoms with Gasteiger partial charge in [-0.15, -0.1) is 0 Å². The van der Waals surface area contributed by atoms with Crippen molar-refractivity contribution in [1.29, 1.82) is 0 Å². The Kier molecular flexibility index (Phi) is 2.67. The average Bonchev–Trinajstić information content (AvgIpc) is 2.67. The van der Waals surface area contributed by atoms with Crippen LogP contribution in [0.1, 0.15) is 16.7 Å². The lowest BCUT2D eigenvalue weighted by molar-refractivity contribution is 0.162. The van der Waals surface area contributed by atoms with E-state index in [0.29, 0.717) is 6.54 Å². The van der Waals surface area contributed by atoms with Gasteiger partial charge >= 0.3 is 0 Å². The van der Waals surface area contributed by atoms with Gasteiger partial charge in [0.25, 0.3) is 0 Å². The summed E-state index contributed by atoms with van der Waals surface area (Å²) in [5.74, 6) is 0.